The Morgan fingerprint density at radius 2 is 1.52 bits per heavy atom. The van der Waals surface area contributed by atoms with Crippen LogP contribution in [0.15, 0.2) is 54.6 Å². The second-order valence-corrected chi connectivity index (χ2v) is 5.78. The maximum atomic E-state index is 11.3. The molecule has 0 saturated carbocycles. The fourth-order valence-electron chi connectivity index (χ4n) is 2.07. The van der Waals surface area contributed by atoms with Gasteiger partial charge in [-0.15, -0.1) is 0 Å². The van der Waals surface area contributed by atoms with Crippen molar-refractivity contribution in [2.24, 2.45) is 0 Å². The van der Waals surface area contributed by atoms with E-state index in [4.69, 9.17) is 0 Å². The van der Waals surface area contributed by atoms with Gasteiger partial charge in [-0.3, -0.25) is 9.69 Å². The highest BCUT2D eigenvalue weighted by Gasteiger charge is 2.31. The Labute approximate surface area is 125 Å². The SMILES string of the molecule is CN(Cc1ccc(-c2ccccc2)cc1)C(C)(C)C(=O)O. The summed E-state index contributed by atoms with van der Waals surface area (Å²) in [7, 11) is 1.83. The number of likely N-dealkylation sites (N-methyl/N-ethyl adjacent to an activating group) is 1. The minimum atomic E-state index is -0.877. The molecule has 0 atom stereocenters. The molecule has 1 N–H and O–H groups in total. The number of carboxylic acids is 1. The van der Waals surface area contributed by atoms with Crippen LogP contribution in [0.3, 0.4) is 0 Å². The van der Waals surface area contributed by atoms with Crippen molar-refractivity contribution in [2.45, 2.75) is 25.9 Å². The molecular formula is C18H21NO2. The standard InChI is InChI=1S/C18H21NO2/c1-18(2,17(20)21)19(3)13-14-9-11-16(12-10-14)15-7-5-4-6-8-15/h4-12H,13H2,1-3H3,(H,20,21). The van der Waals surface area contributed by atoms with Crippen LogP contribution in [0, 0.1) is 0 Å². The molecule has 0 spiro atoms. The second kappa shape index (κ2) is 6.10. The van der Waals surface area contributed by atoms with Crippen molar-refractivity contribution in [3.63, 3.8) is 0 Å². The van der Waals surface area contributed by atoms with Gasteiger partial charge in [0.2, 0.25) is 0 Å². The van der Waals surface area contributed by atoms with Gasteiger partial charge in [0.05, 0.1) is 0 Å². The first kappa shape index (κ1) is 15.3. The Hall–Kier alpha value is -2.13. The summed E-state index contributed by atoms with van der Waals surface area (Å²) in [6.07, 6.45) is 0. The zero-order chi connectivity index (χ0) is 15.5. The monoisotopic (exact) mass is 283 g/mol. The lowest BCUT2D eigenvalue weighted by Crippen LogP contribution is -2.47. The van der Waals surface area contributed by atoms with Crippen LogP contribution in [-0.4, -0.2) is 28.6 Å². The Morgan fingerprint density at radius 1 is 1.00 bits per heavy atom. The van der Waals surface area contributed by atoms with Crippen molar-refractivity contribution < 1.29 is 9.90 Å². The van der Waals surface area contributed by atoms with Crippen molar-refractivity contribution in [1.82, 2.24) is 4.90 Å². The molecule has 2 aromatic carbocycles. The predicted octanol–water partition coefficient (Wildman–Crippen LogP) is 3.65. The van der Waals surface area contributed by atoms with Gasteiger partial charge in [-0.25, -0.2) is 0 Å². The zero-order valence-corrected chi connectivity index (χ0v) is 12.7. The highest BCUT2D eigenvalue weighted by atomic mass is 16.4. The summed E-state index contributed by atoms with van der Waals surface area (Å²) in [6.45, 7) is 4.04. The quantitative estimate of drug-likeness (QED) is 0.910. The van der Waals surface area contributed by atoms with Gasteiger partial charge in [0.25, 0.3) is 0 Å². The molecule has 0 aliphatic rings. The fraction of sp³-hybridized carbons (Fsp3) is 0.278. The molecular weight excluding hydrogens is 262 g/mol. The summed E-state index contributed by atoms with van der Waals surface area (Å²) < 4.78 is 0. The number of hydrogen-bond donors (Lipinski definition) is 1. The normalized spacial score (nSPS) is 11.6. The first-order valence-electron chi connectivity index (χ1n) is 7.00. The average molecular weight is 283 g/mol. The van der Waals surface area contributed by atoms with E-state index in [1.165, 1.54) is 11.1 Å². The molecule has 0 radical (unpaired) electrons. The maximum absolute atomic E-state index is 11.3. The van der Waals surface area contributed by atoms with Crippen LogP contribution in [0.1, 0.15) is 19.4 Å². The second-order valence-electron chi connectivity index (χ2n) is 5.78. The number of benzene rings is 2. The minimum Gasteiger partial charge on any atom is -0.480 e. The lowest BCUT2D eigenvalue weighted by atomic mass is 10.0. The van der Waals surface area contributed by atoms with Crippen molar-refractivity contribution >= 4 is 5.97 Å². The molecule has 0 bridgehead atoms. The van der Waals surface area contributed by atoms with Crippen LogP contribution in [0.25, 0.3) is 11.1 Å². The number of aliphatic carboxylic acids is 1. The first-order chi connectivity index (χ1) is 9.91. The highest BCUT2D eigenvalue weighted by molar-refractivity contribution is 5.77. The molecule has 0 fully saturated rings. The molecule has 110 valence electrons. The molecule has 2 aromatic rings. The Bertz CT molecular complexity index is 603. The summed E-state index contributed by atoms with van der Waals surface area (Å²) in [4.78, 5) is 13.1. The topological polar surface area (TPSA) is 40.5 Å². The molecule has 0 saturated heterocycles. The summed E-state index contributed by atoms with van der Waals surface area (Å²) in [5.74, 6) is -0.814. The van der Waals surface area contributed by atoms with E-state index in [1.807, 2.05) is 30.1 Å². The molecule has 3 heteroatoms. The minimum absolute atomic E-state index is 0.606. The summed E-state index contributed by atoms with van der Waals surface area (Å²) in [5, 5.41) is 9.24. The van der Waals surface area contributed by atoms with Gasteiger partial charge < -0.3 is 5.11 Å². The van der Waals surface area contributed by atoms with Gasteiger partial charge in [0.1, 0.15) is 5.54 Å². The van der Waals surface area contributed by atoms with Gasteiger partial charge in [-0.1, -0.05) is 54.6 Å². The molecule has 2 rings (SSSR count). The van der Waals surface area contributed by atoms with Crippen molar-refractivity contribution in [3.8, 4) is 11.1 Å². The van der Waals surface area contributed by atoms with Crippen LogP contribution in [0.4, 0.5) is 0 Å². The Morgan fingerprint density at radius 3 is 2.05 bits per heavy atom. The van der Waals surface area contributed by atoms with Crippen LogP contribution in [-0.2, 0) is 11.3 Å². The van der Waals surface area contributed by atoms with Gasteiger partial charge >= 0.3 is 5.97 Å². The van der Waals surface area contributed by atoms with Crippen molar-refractivity contribution in [3.05, 3.63) is 60.2 Å². The summed E-state index contributed by atoms with van der Waals surface area (Å²) >= 11 is 0. The largest absolute Gasteiger partial charge is 0.480 e. The third kappa shape index (κ3) is 3.50. The lowest BCUT2D eigenvalue weighted by Gasteiger charge is -2.31. The van der Waals surface area contributed by atoms with E-state index in [0.29, 0.717) is 6.54 Å². The molecule has 0 heterocycles. The van der Waals surface area contributed by atoms with Gasteiger partial charge in [0, 0.05) is 6.54 Å². The summed E-state index contributed by atoms with van der Waals surface area (Å²) in [6, 6.07) is 18.5. The Kier molecular flexibility index (Phi) is 4.43. The number of carbonyl (C=O) groups is 1. The zero-order valence-electron chi connectivity index (χ0n) is 12.7. The molecule has 3 nitrogen and oxygen atoms in total. The van der Waals surface area contributed by atoms with Crippen molar-refractivity contribution in [1.29, 1.82) is 0 Å². The van der Waals surface area contributed by atoms with Crippen LogP contribution >= 0.6 is 0 Å². The number of carboxylic acid groups (broad SMARTS) is 1. The number of rotatable bonds is 5. The number of hydrogen-bond acceptors (Lipinski definition) is 2. The van der Waals surface area contributed by atoms with Crippen LogP contribution in [0.5, 0.6) is 0 Å². The molecule has 0 aliphatic heterocycles. The van der Waals surface area contributed by atoms with Gasteiger partial charge in [-0.2, -0.15) is 0 Å². The number of nitrogens with zero attached hydrogens (tertiary/aromatic N) is 1. The molecule has 21 heavy (non-hydrogen) atoms. The smallest absolute Gasteiger partial charge is 0.323 e. The molecule has 0 aliphatic carbocycles. The van der Waals surface area contributed by atoms with Crippen LogP contribution in [0.2, 0.25) is 0 Å². The third-order valence-corrected chi connectivity index (χ3v) is 3.96. The first-order valence-corrected chi connectivity index (χ1v) is 7.00. The van der Waals surface area contributed by atoms with Gasteiger partial charge in [-0.05, 0) is 37.6 Å². The van der Waals surface area contributed by atoms with E-state index in [-0.39, 0.29) is 0 Å². The molecule has 0 amide bonds. The average Bonchev–Trinajstić information content (AvgIpc) is 2.48. The van der Waals surface area contributed by atoms with E-state index >= 15 is 0 Å². The predicted molar refractivity (Wildman–Crippen MR) is 85.1 cm³/mol. The van der Waals surface area contributed by atoms with E-state index < -0.39 is 11.5 Å². The molecule has 0 aromatic heterocycles. The van der Waals surface area contributed by atoms with E-state index in [9.17, 15) is 9.90 Å². The maximum Gasteiger partial charge on any atom is 0.323 e. The van der Waals surface area contributed by atoms with E-state index in [0.717, 1.165) is 5.56 Å². The van der Waals surface area contributed by atoms with Crippen molar-refractivity contribution in [2.75, 3.05) is 7.05 Å². The lowest BCUT2D eigenvalue weighted by molar-refractivity contribution is -0.148. The fourth-order valence-corrected chi connectivity index (χ4v) is 2.07. The van der Waals surface area contributed by atoms with Gasteiger partial charge in [0.15, 0.2) is 0 Å². The van der Waals surface area contributed by atoms with E-state index in [2.05, 4.69) is 36.4 Å². The summed E-state index contributed by atoms with van der Waals surface area (Å²) in [5.41, 5.74) is 2.58. The van der Waals surface area contributed by atoms with Crippen LogP contribution < -0.4 is 0 Å². The third-order valence-electron chi connectivity index (χ3n) is 3.96. The Balaban J connectivity index is 2.12. The van der Waals surface area contributed by atoms with E-state index in [1.54, 1.807) is 13.8 Å². The highest BCUT2D eigenvalue weighted by Crippen LogP contribution is 2.21. The molecule has 0 unspecified atom stereocenters.